The van der Waals surface area contributed by atoms with Crippen molar-refractivity contribution in [3.63, 3.8) is 0 Å². The van der Waals surface area contributed by atoms with Crippen molar-refractivity contribution >= 4 is 10.9 Å². The van der Waals surface area contributed by atoms with Crippen molar-refractivity contribution in [3.05, 3.63) is 40.4 Å². The Morgan fingerprint density at radius 3 is 2.73 bits per heavy atom. The van der Waals surface area contributed by atoms with Crippen LogP contribution in [0.5, 0.6) is 0 Å². The average molecular weight is 297 g/mol. The van der Waals surface area contributed by atoms with Gasteiger partial charge in [0, 0.05) is 6.04 Å². The van der Waals surface area contributed by atoms with Crippen LogP contribution >= 0.6 is 0 Å². The summed E-state index contributed by atoms with van der Waals surface area (Å²) < 4.78 is 0. The van der Waals surface area contributed by atoms with Gasteiger partial charge in [0.05, 0.1) is 16.9 Å². The molecule has 22 heavy (non-hydrogen) atoms. The number of nitrogens with zero attached hydrogens (tertiary/aromatic N) is 2. The Labute approximate surface area is 130 Å². The lowest BCUT2D eigenvalue weighted by atomic mass is 9.93. The maximum atomic E-state index is 12.3. The van der Waals surface area contributed by atoms with Crippen molar-refractivity contribution in [3.8, 4) is 0 Å². The van der Waals surface area contributed by atoms with Crippen LogP contribution in [-0.2, 0) is 0 Å². The Bertz CT molecular complexity index is 718. The number of aromatic nitrogens is 2. The fourth-order valence-electron chi connectivity index (χ4n) is 4.19. The van der Waals surface area contributed by atoms with E-state index in [1.54, 1.807) is 0 Å². The van der Waals surface area contributed by atoms with Crippen LogP contribution < -0.4 is 5.56 Å². The van der Waals surface area contributed by atoms with Gasteiger partial charge in [0.15, 0.2) is 0 Å². The topological polar surface area (TPSA) is 49.0 Å². The molecule has 116 valence electrons. The third-order valence-corrected chi connectivity index (χ3v) is 5.28. The monoisotopic (exact) mass is 297 g/mol. The minimum absolute atomic E-state index is 0.00362. The smallest absolute Gasteiger partial charge is 0.258 e. The lowest BCUT2D eigenvalue weighted by Gasteiger charge is -2.35. The van der Waals surface area contributed by atoms with Crippen molar-refractivity contribution < 1.29 is 0 Å². The molecule has 1 N–H and O–H groups in total. The Morgan fingerprint density at radius 2 is 1.86 bits per heavy atom. The minimum Gasteiger partial charge on any atom is -0.309 e. The SMILES string of the molecule is O=c1[nH]c(C2CCCN2C2CCCCC2)nc2ccccc12. The molecule has 2 aliphatic rings. The first-order valence-corrected chi connectivity index (χ1v) is 8.57. The fraction of sp³-hybridized carbons (Fsp3) is 0.556. The second kappa shape index (κ2) is 5.84. The third kappa shape index (κ3) is 2.45. The van der Waals surface area contributed by atoms with E-state index in [1.807, 2.05) is 24.3 Å². The van der Waals surface area contributed by atoms with Crippen molar-refractivity contribution in [1.29, 1.82) is 0 Å². The average Bonchev–Trinajstić information content (AvgIpc) is 3.05. The Morgan fingerprint density at radius 1 is 1.05 bits per heavy atom. The first-order chi connectivity index (χ1) is 10.8. The van der Waals surface area contributed by atoms with E-state index in [9.17, 15) is 4.79 Å². The van der Waals surface area contributed by atoms with Crippen LogP contribution in [0.3, 0.4) is 0 Å². The molecule has 1 saturated carbocycles. The predicted molar refractivity (Wildman–Crippen MR) is 87.9 cm³/mol. The van der Waals surface area contributed by atoms with Crippen LogP contribution in [0.1, 0.15) is 56.8 Å². The summed E-state index contributed by atoms with van der Waals surface area (Å²) in [4.78, 5) is 22.7. The second-order valence-corrected chi connectivity index (χ2v) is 6.66. The van der Waals surface area contributed by atoms with Crippen molar-refractivity contribution in [2.24, 2.45) is 0 Å². The van der Waals surface area contributed by atoms with Gasteiger partial charge >= 0.3 is 0 Å². The van der Waals surface area contributed by atoms with E-state index in [2.05, 4.69) is 9.88 Å². The number of hydrogen-bond acceptors (Lipinski definition) is 3. The van der Waals surface area contributed by atoms with Crippen LogP contribution in [0.2, 0.25) is 0 Å². The quantitative estimate of drug-likeness (QED) is 0.924. The highest BCUT2D eigenvalue weighted by Gasteiger charge is 2.33. The Hall–Kier alpha value is -1.68. The minimum atomic E-state index is -0.00362. The van der Waals surface area contributed by atoms with Gasteiger partial charge < -0.3 is 4.98 Å². The summed E-state index contributed by atoms with van der Waals surface area (Å²) in [6, 6.07) is 8.60. The first-order valence-electron chi connectivity index (χ1n) is 8.57. The van der Waals surface area contributed by atoms with Gasteiger partial charge in [0.1, 0.15) is 5.82 Å². The molecule has 1 aliphatic carbocycles. The molecule has 1 aliphatic heterocycles. The molecule has 0 amide bonds. The number of H-pyrrole nitrogens is 1. The molecule has 0 bridgehead atoms. The van der Waals surface area contributed by atoms with Gasteiger partial charge in [0.25, 0.3) is 5.56 Å². The van der Waals surface area contributed by atoms with Gasteiger partial charge in [0.2, 0.25) is 0 Å². The van der Waals surface area contributed by atoms with E-state index in [4.69, 9.17) is 4.98 Å². The molecule has 1 atom stereocenters. The fourth-order valence-corrected chi connectivity index (χ4v) is 4.19. The zero-order chi connectivity index (χ0) is 14.9. The maximum absolute atomic E-state index is 12.3. The molecule has 1 aromatic carbocycles. The highest BCUT2D eigenvalue weighted by molar-refractivity contribution is 5.77. The van der Waals surface area contributed by atoms with Gasteiger partial charge in [-0.05, 0) is 44.4 Å². The van der Waals surface area contributed by atoms with E-state index in [1.165, 1.54) is 38.5 Å². The summed E-state index contributed by atoms with van der Waals surface area (Å²) in [7, 11) is 0. The van der Waals surface area contributed by atoms with E-state index in [-0.39, 0.29) is 5.56 Å². The number of nitrogens with one attached hydrogen (secondary N) is 1. The van der Waals surface area contributed by atoms with E-state index < -0.39 is 0 Å². The van der Waals surface area contributed by atoms with Crippen LogP contribution in [0.15, 0.2) is 29.1 Å². The molecule has 1 saturated heterocycles. The summed E-state index contributed by atoms with van der Waals surface area (Å²) in [5.41, 5.74) is 0.813. The van der Waals surface area contributed by atoms with Crippen LogP contribution in [0, 0.1) is 0 Å². The number of likely N-dealkylation sites (tertiary alicyclic amines) is 1. The molecule has 0 spiro atoms. The molecule has 1 aromatic heterocycles. The number of para-hydroxylation sites is 1. The number of benzene rings is 1. The van der Waals surface area contributed by atoms with Gasteiger partial charge in [-0.1, -0.05) is 31.4 Å². The van der Waals surface area contributed by atoms with Gasteiger partial charge in [-0.2, -0.15) is 0 Å². The zero-order valence-electron chi connectivity index (χ0n) is 12.9. The molecule has 2 aromatic rings. The lowest BCUT2D eigenvalue weighted by Crippen LogP contribution is -2.37. The highest BCUT2D eigenvalue weighted by atomic mass is 16.1. The van der Waals surface area contributed by atoms with Gasteiger partial charge in [-0.15, -0.1) is 0 Å². The molecule has 2 heterocycles. The molecular weight excluding hydrogens is 274 g/mol. The normalized spacial score (nSPS) is 24.1. The van der Waals surface area contributed by atoms with Crippen LogP contribution in [0.25, 0.3) is 10.9 Å². The largest absolute Gasteiger partial charge is 0.309 e. The molecule has 4 rings (SSSR count). The van der Waals surface area contributed by atoms with Crippen LogP contribution in [0.4, 0.5) is 0 Å². The summed E-state index contributed by atoms with van der Waals surface area (Å²) in [5.74, 6) is 0.867. The number of aromatic amines is 1. The molecule has 0 radical (unpaired) electrons. The Balaban J connectivity index is 1.69. The predicted octanol–water partition coefficient (Wildman–Crippen LogP) is 3.39. The highest BCUT2D eigenvalue weighted by Crippen LogP contribution is 2.36. The van der Waals surface area contributed by atoms with Gasteiger partial charge in [-0.3, -0.25) is 9.69 Å². The number of rotatable bonds is 2. The zero-order valence-corrected chi connectivity index (χ0v) is 12.9. The van der Waals surface area contributed by atoms with Crippen molar-refractivity contribution in [2.75, 3.05) is 6.54 Å². The molecule has 1 unspecified atom stereocenters. The lowest BCUT2D eigenvalue weighted by molar-refractivity contribution is 0.138. The standard InChI is InChI=1S/C18H23N3O/c22-18-14-9-4-5-10-15(14)19-17(20-18)16-11-6-12-21(16)13-7-2-1-3-8-13/h4-5,9-10,13,16H,1-3,6-8,11-12H2,(H,19,20,22). The summed E-state index contributed by atoms with van der Waals surface area (Å²) >= 11 is 0. The Kier molecular flexibility index (Phi) is 3.70. The van der Waals surface area contributed by atoms with E-state index in [0.29, 0.717) is 17.5 Å². The molecule has 4 heteroatoms. The van der Waals surface area contributed by atoms with Gasteiger partial charge in [-0.25, -0.2) is 4.98 Å². The summed E-state index contributed by atoms with van der Waals surface area (Å²) in [5, 5.41) is 0.688. The van der Waals surface area contributed by atoms with E-state index in [0.717, 1.165) is 24.3 Å². The molecular formula is C18H23N3O. The number of hydrogen-bond donors (Lipinski definition) is 1. The second-order valence-electron chi connectivity index (χ2n) is 6.66. The molecule has 2 fully saturated rings. The van der Waals surface area contributed by atoms with Crippen LogP contribution in [-0.4, -0.2) is 27.5 Å². The third-order valence-electron chi connectivity index (χ3n) is 5.28. The summed E-state index contributed by atoms with van der Waals surface area (Å²) in [6.45, 7) is 1.14. The van der Waals surface area contributed by atoms with Crippen molar-refractivity contribution in [1.82, 2.24) is 14.9 Å². The van der Waals surface area contributed by atoms with E-state index >= 15 is 0 Å². The summed E-state index contributed by atoms with van der Waals surface area (Å²) in [6.07, 6.45) is 8.98. The molecule has 4 nitrogen and oxygen atoms in total. The first kappa shape index (κ1) is 13.9. The number of fused-ring (bicyclic) bond motifs is 1. The van der Waals surface area contributed by atoms with Crippen molar-refractivity contribution in [2.45, 2.75) is 57.0 Å². The maximum Gasteiger partial charge on any atom is 0.258 e.